The van der Waals surface area contributed by atoms with Gasteiger partial charge in [0.25, 0.3) is 0 Å². The van der Waals surface area contributed by atoms with Crippen molar-refractivity contribution in [1.82, 2.24) is 5.32 Å². The number of amides is 1. The standard InChI is InChI=1S/C15H28N2O3/c1-11(2)8-12(9-16)13(18)17-10-15(14(19)20)6-4-3-5-7-15/h11-12H,3-10,16H2,1-2H3,(H,17,18)(H,19,20). The van der Waals surface area contributed by atoms with Gasteiger partial charge in [0.05, 0.1) is 11.3 Å². The fraction of sp³-hybridized carbons (Fsp3) is 0.867. The molecule has 1 fully saturated rings. The van der Waals surface area contributed by atoms with E-state index in [0.717, 1.165) is 25.7 Å². The molecule has 1 aliphatic rings. The number of hydrogen-bond donors (Lipinski definition) is 3. The number of carboxylic acid groups (broad SMARTS) is 1. The van der Waals surface area contributed by atoms with Crippen LogP contribution in [0.25, 0.3) is 0 Å². The predicted octanol–water partition coefficient (Wildman–Crippen LogP) is 1.76. The van der Waals surface area contributed by atoms with Crippen molar-refractivity contribution in [2.75, 3.05) is 13.1 Å². The minimum atomic E-state index is -0.786. The van der Waals surface area contributed by atoms with Gasteiger partial charge in [-0.15, -0.1) is 0 Å². The van der Waals surface area contributed by atoms with Gasteiger partial charge in [-0.25, -0.2) is 0 Å². The van der Waals surface area contributed by atoms with Gasteiger partial charge in [0.1, 0.15) is 0 Å². The van der Waals surface area contributed by atoms with E-state index in [0.29, 0.717) is 25.3 Å². The smallest absolute Gasteiger partial charge is 0.311 e. The van der Waals surface area contributed by atoms with E-state index in [2.05, 4.69) is 19.2 Å². The van der Waals surface area contributed by atoms with Gasteiger partial charge in [0, 0.05) is 13.1 Å². The minimum Gasteiger partial charge on any atom is -0.481 e. The number of rotatable bonds is 7. The topological polar surface area (TPSA) is 92.4 Å². The molecule has 20 heavy (non-hydrogen) atoms. The maximum atomic E-state index is 12.1. The summed E-state index contributed by atoms with van der Waals surface area (Å²) in [6.07, 6.45) is 4.98. The first-order valence-corrected chi connectivity index (χ1v) is 7.62. The second-order valence-corrected chi connectivity index (χ2v) is 6.43. The lowest BCUT2D eigenvalue weighted by atomic mass is 9.74. The number of aliphatic carboxylic acids is 1. The van der Waals surface area contributed by atoms with E-state index >= 15 is 0 Å². The largest absolute Gasteiger partial charge is 0.481 e. The van der Waals surface area contributed by atoms with Crippen LogP contribution in [-0.2, 0) is 9.59 Å². The Bertz CT molecular complexity index is 336. The molecule has 0 aliphatic heterocycles. The van der Waals surface area contributed by atoms with E-state index in [1.807, 2.05) is 0 Å². The van der Waals surface area contributed by atoms with Gasteiger partial charge >= 0.3 is 5.97 Å². The molecular formula is C15H28N2O3. The Morgan fingerprint density at radius 1 is 1.25 bits per heavy atom. The average molecular weight is 284 g/mol. The van der Waals surface area contributed by atoms with Crippen LogP contribution in [0.4, 0.5) is 0 Å². The molecule has 1 unspecified atom stereocenters. The summed E-state index contributed by atoms with van der Waals surface area (Å²) in [4.78, 5) is 23.7. The summed E-state index contributed by atoms with van der Waals surface area (Å²) >= 11 is 0. The molecule has 0 spiro atoms. The van der Waals surface area contributed by atoms with Crippen molar-refractivity contribution in [3.8, 4) is 0 Å². The molecule has 0 aromatic rings. The fourth-order valence-corrected chi connectivity index (χ4v) is 2.97. The van der Waals surface area contributed by atoms with Crippen molar-refractivity contribution in [1.29, 1.82) is 0 Å². The zero-order chi connectivity index (χ0) is 15.2. The van der Waals surface area contributed by atoms with Crippen LogP contribution >= 0.6 is 0 Å². The number of carbonyl (C=O) groups is 2. The van der Waals surface area contributed by atoms with Crippen LogP contribution in [0.3, 0.4) is 0 Å². The van der Waals surface area contributed by atoms with Crippen LogP contribution in [0.15, 0.2) is 0 Å². The first kappa shape index (κ1) is 17.0. The molecule has 1 saturated carbocycles. The highest BCUT2D eigenvalue weighted by molar-refractivity contribution is 5.81. The molecule has 0 aromatic heterocycles. The third kappa shape index (κ3) is 4.47. The second kappa shape index (κ2) is 7.62. The summed E-state index contributed by atoms with van der Waals surface area (Å²) in [6, 6.07) is 0. The Kier molecular flexibility index (Phi) is 6.46. The molecule has 1 amide bonds. The van der Waals surface area contributed by atoms with Crippen molar-refractivity contribution >= 4 is 11.9 Å². The molecule has 0 heterocycles. The van der Waals surface area contributed by atoms with Crippen LogP contribution in [0.1, 0.15) is 52.4 Å². The van der Waals surface area contributed by atoms with Gasteiger partial charge in [-0.1, -0.05) is 33.1 Å². The molecular weight excluding hydrogens is 256 g/mol. The van der Waals surface area contributed by atoms with Crippen molar-refractivity contribution < 1.29 is 14.7 Å². The molecule has 4 N–H and O–H groups in total. The molecule has 116 valence electrons. The van der Waals surface area contributed by atoms with Crippen molar-refractivity contribution in [2.45, 2.75) is 52.4 Å². The van der Waals surface area contributed by atoms with Crippen LogP contribution < -0.4 is 11.1 Å². The summed E-state index contributed by atoms with van der Waals surface area (Å²) in [6.45, 7) is 4.64. The predicted molar refractivity (Wildman–Crippen MR) is 78.2 cm³/mol. The minimum absolute atomic E-state index is 0.104. The molecule has 1 atom stereocenters. The molecule has 5 nitrogen and oxygen atoms in total. The third-order valence-corrected chi connectivity index (χ3v) is 4.28. The molecule has 1 rings (SSSR count). The Labute approximate surface area is 121 Å². The van der Waals surface area contributed by atoms with Gasteiger partial charge in [-0.2, -0.15) is 0 Å². The van der Waals surface area contributed by atoms with E-state index < -0.39 is 11.4 Å². The number of nitrogens with one attached hydrogen (secondary N) is 1. The van der Waals surface area contributed by atoms with Crippen LogP contribution in [0.2, 0.25) is 0 Å². The maximum absolute atomic E-state index is 12.1. The van der Waals surface area contributed by atoms with Gasteiger partial charge in [0.2, 0.25) is 5.91 Å². The maximum Gasteiger partial charge on any atom is 0.311 e. The lowest BCUT2D eigenvalue weighted by Crippen LogP contribution is -2.46. The Balaban J connectivity index is 2.58. The number of carboxylic acids is 1. The summed E-state index contributed by atoms with van der Waals surface area (Å²) < 4.78 is 0. The van der Waals surface area contributed by atoms with Gasteiger partial charge in [-0.3, -0.25) is 9.59 Å². The fourth-order valence-electron chi connectivity index (χ4n) is 2.97. The van der Waals surface area contributed by atoms with Crippen LogP contribution in [0, 0.1) is 17.3 Å². The number of hydrogen-bond acceptors (Lipinski definition) is 3. The highest BCUT2D eigenvalue weighted by Crippen LogP contribution is 2.36. The number of carbonyl (C=O) groups excluding carboxylic acids is 1. The van der Waals surface area contributed by atoms with E-state index in [1.54, 1.807) is 0 Å². The van der Waals surface area contributed by atoms with Gasteiger partial charge in [-0.05, 0) is 25.2 Å². The van der Waals surface area contributed by atoms with Gasteiger partial charge < -0.3 is 16.2 Å². The Morgan fingerprint density at radius 2 is 1.85 bits per heavy atom. The summed E-state index contributed by atoms with van der Waals surface area (Å²) in [7, 11) is 0. The zero-order valence-electron chi connectivity index (χ0n) is 12.7. The second-order valence-electron chi connectivity index (χ2n) is 6.43. The molecule has 1 aliphatic carbocycles. The molecule has 0 bridgehead atoms. The lowest BCUT2D eigenvalue weighted by Gasteiger charge is -2.33. The van der Waals surface area contributed by atoms with Crippen molar-refractivity contribution in [3.63, 3.8) is 0 Å². The highest BCUT2D eigenvalue weighted by atomic mass is 16.4. The SMILES string of the molecule is CC(C)CC(CN)C(=O)NCC1(C(=O)O)CCCCC1. The first-order valence-electron chi connectivity index (χ1n) is 7.62. The lowest BCUT2D eigenvalue weighted by molar-refractivity contribution is -0.151. The summed E-state index contributed by atoms with van der Waals surface area (Å²) in [5.41, 5.74) is 4.87. The molecule has 0 aromatic carbocycles. The third-order valence-electron chi connectivity index (χ3n) is 4.28. The van der Waals surface area contributed by atoms with E-state index in [9.17, 15) is 14.7 Å². The zero-order valence-corrected chi connectivity index (χ0v) is 12.7. The molecule has 0 saturated heterocycles. The summed E-state index contributed by atoms with van der Waals surface area (Å²) in [5.74, 6) is -0.708. The van der Waals surface area contributed by atoms with Gasteiger partial charge in [0.15, 0.2) is 0 Å². The Morgan fingerprint density at radius 3 is 2.30 bits per heavy atom. The first-order chi connectivity index (χ1) is 9.41. The normalized spacial score (nSPS) is 19.6. The quantitative estimate of drug-likeness (QED) is 0.664. The van der Waals surface area contributed by atoms with E-state index in [4.69, 9.17) is 5.73 Å². The monoisotopic (exact) mass is 284 g/mol. The highest BCUT2D eigenvalue weighted by Gasteiger charge is 2.40. The van der Waals surface area contributed by atoms with Crippen LogP contribution in [-0.4, -0.2) is 30.1 Å². The van der Waals surface area contributed by atoms with Crippen LogP contribution in [0.5, 0.6) is 0 Å². The molecule has 0 radical (unpaired) electrons. The Hall–Kier alpha value is -1.10. The van der Waals surface area contributed by atoms with Crippen molar-refractivity contribution in [3.05, 3.63) is 0 Å². The van der Waals surface area contributed by atoms with Crippen molar-refractivity contribution in [2.24, 2.45) is 23.0 Å². The van der Waals surface area contributed by atoms with E-state index in [1.165, 1.54) is 0 Å². The summed E-state index contributed by atoms with van der Waals surface area (Å²) in [5, 5.41) is 12.3. The average Bonchev–Trinajstić information content (AvgIpc) is 2.42. The number of nitrogens with two attached hydrogens (primary N) is 1. The molecule has 5 heteroatoms. The van der Waals surface area contributed by atoms with E-state index in [-0.39, 0.29) is 18.4 Å².